The number of ketones is 2. The Morgan fingerprint density at radius 2 is 2.11 bits per heavy atom. The van der Waals surface area contributed by atoms with Crippen LogP contribution in [-0.4, -0.2) is 21.7 Å². The van der Waals surface area contributed by atoms with Crippen LogP contribution in [-0.2, 0) is 0 Å². The summed E-state index contributed by atoms with van der Waals surface area (Å²) < 4.78 is 4.78. The predicted octanol–water partition coefficient (Wildman–Crippen LogP) is 2.53. The second kappa shape index (κ2) is 4.66. The monoisotopic (exact) mass is 272 g/mol. The molecule has 1 N–H and O–H groups in total. The molecule has 0 radical (unpaired) electrons. The molecule has 0 amide bonds. The van der Waals surface area contributed by atoms with E-state index in [1.54, 1.807) is 35.8 Å². The third-order valence-electron chi connectivity index (χ3n) is 2.62. The standard InChI is InChI=1S/C13H8N2O3S/c16-12(9-3-1-5-14-9)8-7-18-15-11(8)13(17)10-4-2-6-19-10/h1-7,14H. The number of nitrogens with zero attached hydrogens (tertiary/aromatic N) is 1. The number of aromatic amines is 1. The van der Waals surface area contributed by atoms with Gasteiger partial charge in [0.1, 0.15) is 6.26 Å². The Morgan fingerprint density at radius 1 is 1.21 bits per heavy atom. The zero-order valence-corrected chi connectivity index (χ0v) is 10.4. The van der Waals surface area contributed by atoms with Gasteiger partial charge in [-0.2, -0.15) is 0 Å². The van der Waals surface area contributed by atoms with Crippen LogP contribution in [0.2, 0.25) is 0 Å². The molecule has 0 atom stereocenters. The van der Waals surface area contributed by atoms with Crippen molar-refractivity contribution in [1.82, 2.24) is 10.1 Å². The van der Waals surface area contributed by atoms with E-state index < -0.39 is 0 Å². The molecular formula is C13H8N2O3S. The highest BCUT2D eigenvalue weighted by molar-refractivity contribution is 7.12. The molecule has 19 heavy (non-hydrogen) atoms. The number of carbonyl (C=O) groups is 2. The molecule has 0 bridgehead atoms. The van der Waals surface area contributed by atoms with Gasteiger partial charge in [0.05, 0.1) is 16.1 Å². The van der Waals surface area contributed by atoms with Crippen LogP contribution < -0.4 is 0 Å². The minimum Gasteiger partial charge on any atom is -0.363 e. The molecule has 0 saturated carbocycles. The summed E-state index contributed by atoms with van der Waals surface area (Å²) >= 11 is 1.30. The van der Waals surface area contributed by atoms with Gasteiger partial charge in [-0.25, -0.2) is 0 Å². The van der Waals surface area contributed by atoms with Crippen molar-refractivity contribution in [2.45, 2.75) is 0 Å². The number of H-pyrrole nitrogens is 1. The average molecular weight is 272 g/mol. The van der Waals surface area contributed by atoms with E-state index in [2.05, 4.69) is 10.1 Å². The van der Waals surface area contributed by atoms with Gasteiger partial charge in [0, 0.05) is 6.20 Å². The van der Waals surface area contributed by atoms with Gasteiger partial charge in [-0.15, -0.1) is 11.3 Å². The summed E-state index contributed by atoms with van der Waals surface area (Å²) in [6.07, 6.45) is 2.84. The van der Waals surface area contributed by atoms with Gasteiger partial charge in [-0.3, -0.25) is 9.59 Å². The van der Waals surface area contributed by atoms with Gasteiger partial charge in [-0.05, 0) is 23.6 Å². The van der Waals surface area contributed by atoms with E-state index in [9.17, 15) is 9.59 Å². The molecule has 3 heterocycles. The molecule has 0 aromatic carbocycles. The first-order chi connectivity index (χ1) is 9.27. The summed E-state index contributed by atoms with van der Waals surface area (Å²) in [7, 11) is 0. The Hall–Kier alpha value is -2.47. The lowest BCUT2D eigenvalue weighted by Gasteiger charge is -1.97. The van der Waals surface area contributed by atoms with Crippen LogP contribution in [0.1, 0.15) is 31.4 Å². The van der Waals surface area contributed by atoms with E-state index in [4.69, 9.17) is 4.52 Å². The molecule has 0 aliphatic rings. The summed E-state index contributed by atoms with van der Waals surface area (Å²) in [5.41, 5.74) is 0.603. The molecule has 0 aliphatic carbocycles. The van der Waals surface area contributed by atoms with E-state index in [1.807, 2.05) is 0 Å². The first-order valence-corrected chi connectivity index (χ1v) is 6.36. The lowest BCUT2D eigenvalue weighted by Crippen LogP contribution is -2.09. The summed E-state index contributed by atoms with van der Waals surface area (Å²) in [5, 5.41) is 5.44. The zero-order chi connectivity index (χ0) is 13.2. The molecule has 94 valence electrons. The van der Waals surface area contributed by atoms with Crippen LogP contribution in [0.25, 0.3) is 0 Å². The van der Waals surface area contributed by atoms with Gasteiger partial charge in [0.25, 0.3) is 0 Å². The van der Waals surface area contributed by atoms with Gasteiger partial charge >= 0.3 is 0 Å². The molecule has 0 aliphatic heterocycles. The van der Waals surface area contributed by atoms with Gasteiger partial charge < -0.3 is 9.51 Å². The minimum atomic E-state index is -0.314. The molecule has 3 aromatic rings. The SMILES string of the molecule is O=C(c1ccc[nH]1)c1conc1C(=O)c1cccs1. The Labute approximate surface area is 111 Å². The van der Waals surface area contributed by atoms with Crippen LogP contribution >= 0.6 is 11.3 Å². The predicted molar refractivity (Wildman–Crippen MR) is 68.5 cm³/mol. The van der Waals surface area contributed by atoms with Crippen LogP contribution in [0, 0.1) is 0 Å². The minimum absolute atomic E-state index is 0.0436. The number of rotatable bonds is 4. The molecule has 0 saturated heterocycles. The van der Waals surface area contributed by atoms with Crippen LogP contribution in [0.15, 0.2) is 46.6 Å². The normalized spacial score (nSPS) is 10.5. The number of carbonyl (C=O) groups excluding carboxylic acids is 2. The highest BCUT2D eigenvalue weighted by Crippen LogP contribution is 2.19. The van der Waals surface area contributed by atoms with Crippen molar-refractivity contribution in [1.29, 1.82) is 0 Å². The van der Waals surface area contributed by atoms with Crippen molar-refractivity contribution < 1.29 is 14.1 Å². The van der Waals surface area contributed by atoms with E-state index in [1.165, 1.54) is 17.6 Å². The molecule has 6 heteroatoms. The third-order valence-corrected chi connectivity index (χ3v) is 3.49. The maximum Gasteiger partial charge on any atom is 0.225 e. The molecule has 0 fully saturated rings. The molecule has 3 aromatic heterocycles. The highest BCUT2D eigenvalue weighted by atomic mass is 32.1. The molecule has 0 spiro atoms. The van der Waals surface area contributed by atoms with Crippen LogP contribution in [0.4, 0.5) is 0 Å². The zero-order valence-electron chi connectivity index (χ0n) is 9.62. The average Bonchev–Trinajstić information content (AvgIpc) is 3.16. The first-order valence-electron chi connectivity index (χ1n) is 5.48. The Kier molecular flexibility index (Phi) is 2.85. The van der Waals surface area contributed by atoms with E-state index in [0.717, 1.165) is 0 Å². The quantitative estimate of drug-likeness (QED) is 0.740. The topological polar surface area (TPSA) is 76.0 Å². The smallest absolute Gasteiger partial charge is 0.225 e. The van der Waals surface area contributed by atoms with Crippen LogP contribution in [0.3, 0.4) is 0 Å². The Bertz CT molecular complexity index is 650. The molecule has 0 unspecified atom stereocenters. The number of thiophene rings is 1. The summed E-state index contributed by atoms with van der Waals surface area (Å²) in [5.74, 6) is -0.621. The fourth-order valence-corrected chi connectivity index (χ4v) is 2.37. The van der Waals surface area contributed by atoms with Crippen LogP contribution in [0.5, 0.6) is 0 Å². The second-order valence-electron chi connectivity index (χ2n) is 3.80. The number of hydrogen-bond donors (Lipinski definition) is 1. The van der Waals surface area contributed by atoms with Crippen molar-refractivity contribution in [2.75, 3.05) is 0 Å². The Morgan fingerprint density at radius 3 is 2.79 bits per heavy atom. The van der Waals surface area contributed by atoms with Crippen molar-refractivity contribution in [3.05, 3.63) is 63.9 Å². The number of aromatic nitrogens is 2. The van der Waals surface area contributed by atoms with E-state index in [-0.39, 0.29) is 22.8 Å². The molecular weight excluding hydrogens is 264 g/mol. The van der Waals surface area contributed by atoms with Crippen molar-refractivity contribution in [3.8, 4) is 0 Å². The maximum absolute atomic E-state index is 12.2. The van der Waals surface area contributed by atoms with Gasteiger partial charge in [-0.1, -0.05) is 11.2 Å². The Balaban J connectivity index is 1.99. The lowest BCUT2D eigenvalue weighted by molar-refractivity contribution is 0.100. The van der Waals surface area contributed by atoms with Crippen molar-refractivity contribution >= 4 is 22.9 Å². The fraction of sp³-hybridized carbons (Fsp3) is 0. The van der Waals surface area contributed by atoms with Crippen molar-refractivity contribution in [2.24, 2.45) is 0 Å². The largest absolute Gasteiger partial charge is 0.363 e. The van der Waals surface area contributed by atoms with E-state index in [0.29, 0.717) is 10.6 Å². The van der Waals surface area contributed by atoms with Gasteiger partial charge in [0.15, 0.2) is 5.69 Å². The lowest BCUT2D eigenvalue weighted by atomic mass is 10.1. The van der Waals surface area contributed by atoms with Crippen molar-refractivity contribution in [3.63, 3.8) is 0 Å². The van der Waals surface area contributed by atoms with E-state index >= 15 is 0 Å². The number of hydrogen-bond acceptors (Lipinski definition) is 5. The second-order valence-corrected chi connectivity index (χ2v) is 4.74. The van der Waals surface area contributed by atoms with Gasteiger partial charge in [0.2, 0.25) is 11.6 Å². The maximum atomic E-state index is 12.2. The first kappa shape index (κ1) is 11.6. The fourth-order valence-electron chi connectivity index (χ4n) is 1.70. The third kappa shape index (κ3) is 2.02. The number of nitrogens with one attached hydrogen (secondary N) is 1. The molecule has 5 nitrogen and oxygen atoms in total. The highest BCUT2D eigenvalue weighted by Gasteiger charge is 2.24. The summed E-state index contributed by atoms with van der Waals surface area (Å²) in [6.45, 7) is 0. The summed E-state index contributed by atoms with van der Waals surface area (Å²) in [4.78, 5) is 27.7. The molecule has 3 rings (SSSR count). The summed E-state index contributed by atoms with van der Waals surface area (Å²) in [6, 6.07) is 6.80.